The first kappa shape index (κ1) is 15.7. The van der Waals surface area contributed by atoms with E-state index in [-0.39, 0.29) is 24.4 Å². The lowest BCUT2D eigenvalue weighted by Gasteiger charge is -2.14. The highest BCUT2D eigenvalue weighted by Gasteiger charge is 2.08. The number of hydrogen-bond donors (Lipinski definition) is 2. The molecule has 0 aliphatic rings. The van der Waals surface area contributed by atoms with Crippen molar-refractivity contribution < 1.29 is 9.53 Å². The summed E-state index contributed by atoms with van der Waals surface area (Å²) in [4.78, 5) is 11.3. The number of amides is 1. The minimum absolute atomic E-state index is 0. The molecule has 1 atom stereocenters. The van der Waals surface area contributed by atoms with Gasteiger partial charge in [0, 0.05) is 13.0 Å². The summed E-state index contributed by atoms with van der Waals surface area (Å²) in [6.07, 6.45) is 0.362. The van der Waals surface area contributed by atoms with Crippen LogP contribution in [0.25, 0.3) is 0 Å². The molecule has 0 aliphatic heterocycles. The Morgan fingerprint density at radius 2 is 2.00 bits per heavy atom. The molecular weight excluding hydrogens is 240 g/mol. The van der Waals surface area contributed by atoms with Crippen LogP contribution in [0, 0.1) is 0 Å². The molecule has 0 fully saturated rings. The smallest absolute Gasteiger partial charge is 0.221 e. The van der Waals surface area contributed by atoms with E-state index in [2.05, 4.69) is 5.32 Å². The molecule has 1 amide bonds. The van der Waals surface area contributed by atoms with Gasteiger partial charge in [-0.05, 0) is 24.6 Å². The quantitative estimate of drug-likeness (QED) is 0.844. The Kier molecular flexibility index (Phi) is 7.34. The third-order valence-corrected chi connectivity index (χ3v) is 2.36. The largest absolute Gasteiger partial charge is 0.497 e. The van der Waals surface area contributed by atoms with Crippen molar-refractivity contribution in [2.45, 2.75) is 19.4 Å². The summed E-state index contributed by atoms with van der Waals surface area (Å²) in [6, 6.07) is 7.62. The molecule has 5 heteroatoms. The average molecular weight is 259 g/mol. The summed E-state index contributed by atoms with van der Waals surface area (Å²) in [6.45, 7) is 2.32. The number of halogens is 1. The number of hydrogen-bond acceptors (Lipinski definition) is 3. The maximum absolute atomic E-state index is 11.3. The van der Waals surface area contributed by atoms with Crippen LogP contribution < -0.4 is 15.8 Å². The highest BCUT2D eigenvalue weighted by molar-refractivity contribution is 5.85. The number of methoxy groups -OCH3 is 1. The van der Waals surface area contributed by atoms with Crippen molar-refractivity contribution in [2.75, 3.05) is 13.7 Å². The summed E-state index contributed by atoms with van der Waals surface area (Å²) in [5.41, 5.74) is 6.35. The number of carbonyl (C=O) groups is 1. The van der Waals surface area contributed by atoms with E-state index >= 15 is 0 Å². The molecule has 0 saturated heterocycles. The normalized spacial score (nSPS) is 11.2. The fraction of sp³-hybridized carbons (Fsp3) is 0.417. The van der Waals surface area contributed by atoms with Crippen LogP contribution in [0.3, 0.4) is 0 Å². The fourth-order valence-corrected chi connectivity index (χ4v) is 1.42. The molecule has 0 spiro atoms. The minimum atomic E-state index is -0.0224. The highest BCUT2D eigenvalue weighted by Crippen LogP contribution is 2.17. The van der Waals surface area contributed by atoms with Gasteiger partial charge in [0.2, 0.25) is 5.91 Å². The average Bonchev–Trinajstić information content (AvgIpc) is 2.29. The second-order valence-corrected chi connectivity index (χ2v) is 3.60. The molecule has 0 bridgehead atoms. The molecule has 4 nitrogen and oxygen atoms in total. The molecule has 3 N–H and O–H groups in total. The molecule has 0 aromatic heterocycles. The van der Waals surface area contributed by atoms with E-state index in [1.54, 1.807) is 7.11 Å². The maximum Gasteiger partial charge on any atom is 0.221 e. The van der Waals surface area contributed by atoms with Crippen LogP contribution in [0.4, 0.5) is 0 Å². The molecular formula is C12H19ClN2O2. The Morgan fingerprint density at radius 1 is 1.41 bits per heavy atom. The van der Waals surface area contributed by atoms with Gasteiger partial charge in [-0.3, -0.25) is 4.79 Å². The van der Waals surface area contributed by atoms with Crippen molar-refractivity contribution in [3.8, 4) is 5.75 Å². The third kappa shape index (κ3) is 5.06. The van der Waals surface area contributed by atoms with Gasteiger partial charge in [0.1, 0.15) is 5.75 Å². The Morgan fingerprint density at radius 3 is 2.47 bits per heavy atom. The standard InChI is InChI=1S/C12H18N2O2.ClH/c1-9(14-12(15)7-8-13)10-3-5-11(16-2)6-4-10;/h3-6,9H,7-8,13H2,1-2H3,(H,14,15);1H. The van der Waals surface area contributed by atoms with E-state index in [4.69, 9.17) is 10.5 Å². The first-order valence-electron chi connectivity index (χ1n) is 5.30. The number of nitrogens with one attached hydrogen (secondary N) is 1. The molecule has 0 saturated carbocycles. The molecule has 0 radical (unpaired) electrons. The van der Waals surface area contributed by atoms with E-state index in [0.29, 0.717) is 13.0 Å². The van der Waals surface area contributed by atoms with Gasteiger partial charge >= 0.3 is 0 Å². The fourth-order valence-electron chi connectivity index (χ4n) is 1.42. The van der Waals surface area contributed by atoms with Crippen molar-refractivity contribution in [3.05, 3.63) is 29.8 Å². The van der Waals surface area contributed by atoms with E-state index < -0.39 is 0 Å². The zero-order valence-corrected chi connectivity index (χ0v) is 10.9. The first-order chi connectivity index (χ1) is 7.67. The lowest BCUT2D eigenvalue weighted by atomic mass is 10.1. The Bertz CT molecular complexity index is 341. The zero-order valence-electron chi connectivity index (χ0n) is 10.1. The molecule has 96 valence electrons. The number of carbonyl (C=O) groups excluding carboxylic acids is 1. The van der Waals surface area contributed by atoms with Gasteiger partial charge in [0.15, 0.2) is 0 Å². The molecule has 1 aromatic rings. The molecule has 17 heavy (non-hydrogen) atoms. The molecule has 1 rings (SSSR count). The van der Waals surface area contributed by atoms with E-state index in [1.807, 2.05) is 31.2 Å². The lowest BCUT2D eigenvalue weighted by molar-refractivity contribution is -0.121. The van der Waals surface area contributed by atoms with Gasteiger partial charge in [-0.1, -0.05) is 12.1 Å². The number of ether oxygens (including phenoxy) is 1. The van der Waals surface area contributed by atoms with Crippen molar-refractivity contribution in [3.63, 3.8) is 0 Å². The van der Waals surface area contributed by atoms with E-state index in [9.17, 15) is 4.79 Å². The molecule has 0 aliphatic carbocycles. The van der Waals surface area contributed by atoms with Crippen molar-refractivity contribution in [1.29, 1.82) is 0 Å². The summed E-state index contributed by atoms with van der Waals surface area (Å²) >= 11 is 0. The van der Waals surface area contributed by atoms with Crippen molar-refractivity contribution in [1.82, 2.24) is 5.32 Å². The summed E-state index contributed by atoms with van der Waals surface area (Å²) in [7, 11) is 1.63. The van der Waals surface area contributed by atoms with Gasteiger partial charge in [-0.25, -0.2) is 0 Å². The van der Waals surface area contributed by atoms with Crippen LogP contribution in [0.1, 0.15) is 24.9 Å². The van der Waals surface area contributed by atoms with Crippen LogP contribution in [0.15, 0.2) is 24.3 Å². The topological polar surface area (TPSA) is 64.3 Å². The summed E-state index contributed by atoms with van der Waals surface area (Å²) < 4.78 is 5.06. The predicted molar refractivity (Wildman–Crippen MR) is 70.5 cm³/mol. The molecule has 1 unspecified atom stereocenters. The Labute approximate surface area is 108 Å². The summed E-state index contributed by atoms with van der Waals surface area (Å²) in [5, 5.41) is 2.87. The van der Waals surface area contributed by atoms with E-state index in [1.165, 1.54) is 0 Å². The van der Waals surface area contributed by atoms with Gasteiger partial charge in [-0.15, -0.1) is 12.4 Å². The van der Waals surface area contributed by atoms with E-state index in [0.717, 1.165) is 11.3 Å². The number of benzene rings is 1. The Balaban J connectivity index is 0.00000256. The van der Waals surface area contributed by atoms with Gasteiger partial charge in [0.05, 0.1) is 13.2 Å². The van der Waals surface area contributed by atoms with Crippen LogP contribution in [-0.2, 0) is 4.79 Å². The van der Waals surface area contributed by atoms with Gasteiger partial charge in [-0.2, -0.15) is 0 Å². The zero-order chi connectivity index (χ0) is 12.0. The molecule has 1 aromatic carbocycles. The SMILES string of the molecule is COc1ccc(C(C)NC(=O)CCN)cc1.Cl. The maximum atomic E-state index is 11.3. The second kappa shape index (κ2) is 7.92. The summed E-state index contributed by atoms with van der Waals surface area (Å²) in [5.74, 6) is 0.787. The molecule has 0 heterocycles. The van der Waals surface area contributed by atoms with Crippen LogP contribution >= 0.6 is 12.4 Å². The van der Waals surface area contributed by atoms with Crippen molar-refractivity contribution in [2.24, 2.45) is 5.73 Å². The predicted octanol–water partition coefficient (Wildman–Crippen LogP) is 1.64. The van der Waals surface area contributed by atoms with Crippen LogP contribution in [0.5, 0.6) is 5.75 Å². The Hall–Kier alpha value is -1.26. The minimum Gasteiger partial charge on any atom is -0.497 e. The second-order valence-electron chi connectivity index (χ2n) is 3.60. The third-order valence-electron chi connectivity index (χ3n) is 2.36. The van der Waals surface area contributed by atoms with Crippen molar-refractivity contribution >= 4 is 18.3 Å². The highest BCUT2D eigenvalue weighted by atomic mass is 35.5. The number of nitrogens with two attached hydrogens (primary N) is 1. The number of rotatable bonds is 5. The van der Waals surface area contributed by atoms with Gasteiger partial charge in [0.25, 0.3) is 0 Å². The van der Waals surface area contributed by atoms with Crippen LogP contribution in [0.2, 0.25) is 0 Å². The monoisotopic (exact) mass is 258 g/mol. The lowest BCUT2D eigenvalue weighted by Crippen LogP contribution is -2.28. The van der Waals surface area contributed by atoms with Gasteiger partial charge < -0.3 is 15.8 Å². The first-order valence-corrected chi connectivity index (χ1v) is 5.30. The van der Waals surface area contributed by atoms with Crippen LogP contribution in [-0.4, -0.2) is 19.6 Å².